The van der Waals surface area contributed by atoms with Crippen LogP contribution in [-0.2, 0) is 4.79 Å². The molecular weight excluding hydrogens is 409 g/mol. The molecule has 0 saturated heterocycles. The minimum atomic E-state index is -0.555. The molecule has 146 valence electrons. The standard InChI is InChI=1S/C22H17Cl2N3O2/c23-13-8-4-9-14(24)17(13)19-18-15(10-5-11-16(18)28)25-21-20(19)22(29)27(26-21)12-6-2-1-3-7-12/h1-4,6-10,18-19,25-26H,5,11H2/t18-,19-/m1/s1. The number of benzene rings is 2. The molecule has 2 aromatic carbocycles. The Bertz CT molecular complexity index is 1190. The summed E-state index contributed by atoms with van der Waals surface area (Å²) in [5, 5.41) is 7.32. The summed E-state index contributed by atoms with van der Waals surface area (Å²) in [6, 6.07) is 14.5. The number of anilines is 1. The van der Waals surface area contributed by atoms with Crippen LogP contribution in [0.15, 0.2) is 65.1 Å². The van der Waals surface area contributed by atoms with Crippen molar-refractivity contribution in [1.82, 2.24) is 9.78 Å². The second-order valence-corrected chi connectivity index (χ2v) is 8.07. The Balaban J connectivity index is 1.80. The summed E-state index contributed by atoms with van der Waals surface area (Å²) in [4.78, 5) is 26.4. The number of hydrogen-bond donors (Lipinski definition) is 2. The van der Waals surface area contributed by atoms with Gasteiger partial charge in [-0.1, -0.05) is 53.5 Å². The van der Waals surface area contributed by atoms with Crippen molar-refractivity contribution in [2.24, 2.45) is 5.92 Å². The van der Waals surface area contributed by atoms with Crippen LogP contribution in [0.2, 0.25) is 10.0 Å². The number of para-hydroxylation sites is 1. The Labute approximate surface area is 176 Å². The highest BCUT2D eigenvalue weighted by atomic mass is 35.5. The van der Waals surface area contributed by atoms with Crippen molar-refractivity contribution in [2.75, 3.05) is 5.32 Å². The third-order valence-electron chi connectivity index (χ3n) is 5.60. The lowest BCUT2D eigenvalue weighted by atomic mass is 9.72. The van der Waals surface area contributed by atoms with E-state index in [1.54, 1.807) is 18.2 Å². The Morgan fingerprint density at radius 2 is 1.62 bits per heavy atom. The molecule has 5 nitrogen and oxygen atoms in total. The van der Waals surface area contributed by atoms with Crippen LogP contribution in [0.4, 0.5) is 5.82 Å². The second-order valence-electron chi connectivity index (χ2n) is 7.26. The summed E-state index contributed by atoms with van der Waals surface area (Å²) in [6.07, 6.45) is 3.12. The van der Waals surface area contributed by atoms with Crippen molar-refractivity contribution in [1.29, 1.82) is 0 Å². The molecule has 2 N–H and O–H groups in total. The fourth-order valence-electron chi connectivity index (χ4n) is 4.34. The van der Waals surface area contributed by atoms with Crippen LogP contribution in [0.25, 0.3) is 5.69 Å². The average Bonchev–Trinajstić information content (AvgIpc) is 3.04. The number of hydrogen-bond acceptors (Lipinski definition) is 3. The fraction of sp³-hybridized carbons (Fsp3) is 0.182. The number of fused-ring (bicyclic) bond motifs is 2. The Hall–Kier alpha value is -2.76. The van der Waals surface area contributed by atoms with Gasteiger partial charge in [0.2, 0.25) is 0 Å². The highest BCUT2D eigenvalue weighted by molar-refractivity contribution is 6.36. The topological polar surface area (TPSA) is 66.9 Å². The molecule has 2 aliphatic rings. The summed E-state index contributed by atoms with van der Waals surface area (Å²) in [5.41, 5.74) is 2.36. The minimum Gasteiger partial charge on any atom is -0.343 e. The Kier molecular flexibility index (Phi) is 4.37. The number of nitrogens with one attached hydrogen (secondary N) is 2. The summed E-state index contributed by atoms with van der Waals surface area (Å²) >= 11 is 13.1. The number of nitrogens with zero attached hydrogens (tertiary/aromatic N) is 1. The monoisotopic (exact) mass is 425 g/mol. The molecule has 0 fully saturated rings. The lowest BCUT2D eigenvalue weighted by molar-refractivity contribution is -0.122. The van der Waals surface area contributed by atoms with Crippen molar-refractivity contribution < 1.29 is 4.79 Å². The minimum absolute atomic E-state index is 0.0773. The van der Waals surface area contributed by atoms with Crippen LogP contribution in [0.3, 0.4) is 0 Å². The van der Waals surface area contributed by atoms with E-state index in [1.807, 2.05) is 36.4 Å². The van der Waals surface area contributed by atoms with E-state index in [9.17, 15) is 9.59 Å². The largest absolute Gasteiger partial charge is 0.343 e. The molecule has 1 aliphatic heterocycles. The molecule has 3 aromatic rings. The van der Waals surface area contributed by atoms with Gasteiger partial charge < -0.3 is 5.32 Å². The SMILES string of the molecule is O=C1CCC=C2Nc3[nH]n(-c4ccccc4)c(=O)c3[C@H](c3c(Cl)cccc3Cl)[C@@H]12. The lowest BCUT2D eigenvalue weighted by Gasteiger charge is -2.36. The normalized spacial score (nSPS) is 20.5. The third-order valence-corrected chi connectivity index (χ3v) is 6.26. The number of halogens is 2. The fourth-order valence-corrected chi connectivity index (χ4v) is 4.98. The van der Waals surface area contributed by atoms with E-state index in [0.717, 1.165) is 5.70 Å². The van der Waals surface area contributed by atoms with E-state index < -0.39 is 11.8 Å². The quantitative estimate of drug-likeness (QED) is 0.613. The van der Waals surface area contributed by atoms with Gasteiger partial charge in [-0.2, -0.15) is 0 Å². The first-order valence-electron chi connectivity index (χ1n) is 9.40. The molecule has 0 spiro atoms. The van der Waals surface area contributed by atoms with E-state index in [1.165, 1.54) is 4.68 Å². The maximum Gasteiger partial charge on any atom is 0.277 e. The number of Topliss-reactive ketones (excluding diaryl/α,β-unsaturated/α-hetero) is 1. The molecular formula is C22H17Cl2N3O2. The van der Waals surface area contributed by atoms with Crippen LogP contribution in [0.1, 0.15) is 29.9 Å². The molecule has 7 heteroatoms. The van der Waals surface area contributed by atoms with Gasteiger partial charge in [0.25, 0.3) is 5.56 Å². The van der Waals surface area contributed by atoms with Crippen LogP contribution < -0.4 is 10.9 Å². The second kappa shape index (κ2) is 6.94. The lowest BCUT2D eigenvalue weighted by Crippen LogP contribution is -2.37. The van der Waals surface area contributed by atoms with Gasteiger partial charge in [0, 0.05) is 28.1 Å². The number of aromatic amines is 1. The molecule has 2 heterocycles. The van der Waals surface area contributed by atoms with Gasteiger partial charge in [-0.25, -0.2) is 4.68 Å². The van der Waals surface area contributed by atoms with Crippen molar-refractivity contribution >= 4 is 34.8 Å². The number of H-pyrrole nitrogens is 1. The zero-order valence-corrected chi connectivity index (χ0v) is 16.8. The van der Waals surface area contributed by atoms with Gasteiger partial charge in [-0.15, -0.1) is 0 Å². The number of rotatable bonds is 2. The summed E-state index contributed by atoms with van der Waals surface area (Å²) < 4.78 is 1.48. The third kappa shape index (κ3) is 2.84. The van der Waals surface area contributed by atoms with Gasteiger partial charge in [-0.05, 0) is 36.2 Å². The van der Waals surface area contributed by atoms with Crippen molar-refractivity contribution in [3.8, 4) is 5.69 Å². The van der Waals surface area contributed by atoms with E-state index in [0.29, 0.717) is 45.5 Å². The first kappa shape index (κ1) is 18.3. The van der Waals surface area contributed by atoms with Crippen LogP contribution in [0.5, 0.6) is 0 Å². The smallest absolute Gasteiger partial charge is 0.277 e. The van der Waals surface area contributed by atoms with Crippen LogP contribution >= 0.6 is 23.2 Å². The van der Waals surface area contributed by atoms with Crippen LogP contribution in [-0.4, -0.2) is 15.6 Å². The molecule has 0 unspecified atom stereocenters. The molecule has 0 bridgehead atoms. The maximum absolute atomic E-state index is 13.5. The van der Waals surface area contributed by atoms with Crippen LogP contribution in [0, 0.1) is 5.92 Å². The summed E-state index contributed by atoms with van der Waals surface area (Å²) in [5.74, 6) is -0.424. The molecule has 0 amide bonds. The maximum atomic E-state index is 13.5. The predicted octanol–water partition coefficient (Wildman–Crippen LogP) is 4.89. The van der Waals surface area contributed by atoms with Gasteiger partial charge in [0.1, 0.15) is 11.6 Å². The average molecular weight is 426 g/mol. The summed E-state index contributed by atoms with van der Waals surface area (Å²) in [6.45, 7) is 0. The van der Waals surface area contributed by atoms with Gasteiger partial charge >= 0.3 is 0 Å². The molecule has 2 atom stereocenters. The number of ketones is 1. The molecule has 0 saturated carbocycles. The highest BCUT2D eigenvalue weighted by Gasteiger charge is 2.44. The Morgan fingerprint density at radius 3 is 2.34 bits per heavy atom. The molecule has 29 heavy (non-hydrogen) atoms. The number of carbonyl (C=O) groups is 1. The van der Waals surface area contributed by atoms with E-state index >= 15 is 0 Å². The molecule has 0 radical (unpaired) electrons. The number of allylic oxidation sites excluding steroid dienone is 2. The molecule has 5 rings (SSSR count). The molecule has 1 aliphatic carbocycles. The predicted molar refractivity (Wildman–Crippen MR) is 114 cm³/mol. The van der Waals surface area contributed by atoms with E-state index in [-0.39, 0.29) is 11.3 Å². The van der Waals surface area contributed by atoms with Gasteiger partial charge in [0.05, 0.1) is 17.2 Å². The van der Waals surface area contributed by atoms with Crippen molar-refractivity contribution in [2.45, 2.75) is 18.8 Å². The van der Waals surface area contributed by atoms with E-state index in [4.69, 9.17) is 23.2 Å². The van der Waals surface area contributed by atoms with E-state index in [2.05, 4.69) is 10.4 Å². The highest BCUT2D eigenvalue weighted by Crippen LogP contribution is 2.48. The number of aromatic nitrogens is 2. The first-order chi connectivity index (χ1) is 14.1. The first-order valence-corrected chi connectivity index (χ1v) is 10.2. The van der Waals surface area contributed by atoms with Crippen molar-refractivity contribution in [3.05, 3.63) is 91.8 Å². The zero-order chi connectivity index (χ0) is 20.1. The van der Waals surface area contributed by atoms with Crippen molar-refractivity contribution in [3.63, 3.8) is 0 Å². The van der Waals surface area contributed by atoms with Gasteiger partial charge in [0.15, 0.2) is 0 Å². The van der Waals surface area contributed by atoms with Gasteiger partial charge in [-0.3, -0.25) is 14.7 Å². The zero-order valence-electron chi connectivity index (χ0n) is 15.3. The Morgan fingerprint density at radius 1 is 0.897 bits per heavy atom. The molecule has 1 aromatic heterocycles. The summed E-state index contributed by atoms with van der Waals surface area (Å²) in [7, 11) is 0. The number of carbonyl (C=O) groups excluding carboxylic acids is 1.